The summed E-state index contributed by atoms with van der Waals surface area (Å²) in [5, 5.41) is 0. The van der Waals surface area contributed by atoms with E-state index >= 15 is 0 Å². The van der Waals surface area contributed by atoms with Gasteiger partial charge in [-0.1, -0.05) is 6.07 Å². The fourth-order valence-corrected chi connectivity index (χ4v) is 1.89. The Labute approximate surface area is 108 Å². The van der Waals surface area contributed by atoms with Crippen LogP contribution in [0.5, 0.6) is 5.75 Å². The van der Waals surface area contributed by atoms with Crippen LogP contribution >= 0.6 is 0 Å². The predicted octanol–water partition coefficient (Wildman–Crippen LogP) is 3.22. The summed E-state index contributed by atoms with van der Waals surface area (Å²) in [5.41, 5.74) is 8.02. The van der Waals surface area contributed by atoms with Crippen LogP contribution < -0.4 is 10.5 Å². The van der Waals surface area contributed by atoms with Crippen LogP contribution in [-0.2, 0) is 0 Å². The van der Waals surface area contributed by atoms with E-state index in [0.717, 1.165) is 0 Å². The van der Waals surface area contributed by atoms with Crippen molar-refractivity contribution in [3.63, 3.8) is 0 Å². The molecule has 0 bridgehead atoms. The first-order valence-electron chi connectivity index (χ1n) is 5.68. The van der Waals surface area contributed by atoms with E-state index in [4.69, 9.17) is 14.9 Å². The lowest BCUT2D eigenvalue weighted by molar-refractivity contribution is 0.386. The molecule has 5 heteroatoms. The van der Waals surface area contributed by atoms with Crippen molar-refractivity contribution in [2.75, 3.05) is 12.8 Å². The molecule has 1 aromatic heterocycles. The number of nitrogens with zero attached hydrogens (tertiary/aromatic N) is 1. The van der Waals surface area contributed by atoms with E-state index in [9.17, 15) is 4.39 Å². The summed E-state index contributed by atoms with van der Waals surface area (Å²) in [6.45, 7) is 0. The molecule has 0 aliphatic rings. The number of anilines is 1. The molecule has 0 radical (unpaired) electrons. The van der Waals surface area contributed by atoms with Gasteiger partial charge in [-0.3, -0.25) is 0 Å². The van der Waals surface area contributed by atoms with E-state index in [1.165, 1.54) is 19.2 Å². The average molecular weight is 258 g/mol. The number of aromatic nitrogens is 1. The summed E-state index contributed by atoms with van der Waals surface area (Å²) < 4.78 is 24.1. The minimum Gasteiger partial charge on any atom is -0.494 e. The number of rotatable bonds is 2. The molecule has 1 heterocycles. The number of ether oxygens (including phenoxy) is 1. The van der Waals surface area contributed by atoms with Crippen LogP contribution in [0.15, 0.2) is 40.8 Å². The minimum absolute atomic E-state index is 0.180. The van der Waals surface area contributed by atoms with Crippen molar-refractivity contribution in [2.45, 2.75) is 0 Å². The van der Waals surface area contributed by atoms with E-state index in [1.807, 2.05) is 0 Å². The lowest BCUT2D eigenvalue weighted by Gasteiger charge is -2.02. The van der Waals surface area contributed by atoms with Crippen LogP contribution in [0, 0.1) is 5.82 Å². The van der Waals surface area contributed by atoms with Crippen molar-refractivity contribution in [2.24, 2.45) is 0 Å². The zero-order valence-electron chi connectivity index (χ0n) is 10.2. The van der Waals surface area contributed by atoms with Crippen molar-refractivity contribution < 1.29 is 13.5 Å². The number of benzene rings is 2. The van der Waals surface area contributed by atoms with Crippen LogP contribution in [-0.4, -0.2) is 12.1 Å². The SMILES string of the molecule is COc1ccc(-c2nc3c(N)cccc3o2)cc1F. The normalized spacial score (nSPS) is 10.8. The van der Waals surface area contributed by atoms with Gasteiger partial charge < -0.3 is 14.9 Å². The molecular formula is C14H11FN2O2. The number of oxazole rings is 1. The molecular weight excluding hydrogens is 247 g/mol. The second-order valence-corrected chi connectivity index (χ2v) is 4.06. The number of nitrogen functional groups attached to an aromatic ring is 1. The molecule has 2 N–H and O–H groups in total. The highest BCUT2D eigenvalue weighted by Gasteiger charge is 2.12. The Hall–Kier alpha value is -2.56. The van der Waals surface area contributed by atoms with Gasteiger partial charge in [0.15, 0.2) is 17.1 Å². The van der Waals surface area contributed by atoms with Crippen molar-refractivity contribution in [3.8, 4) is 17.2 Å². The van der Waals surface area contributed by atoms with E-state index in [-0.39, 0.29) is 5.75 Å². The molecule has 0 saturated carbocycles. The number of para-hydroxylation sites is 1. The molecule has 2 aromatic carbocycles. The van der Waals surface area contributed by atoms with Crippen molar-refractivity contribution >= 4 is 16.8 Å². The number of nitrogens with two attached hydrogens (primary N) is 1. The standard InChI is InChI=1S/C14H11FN2O2/c1-18-11-6-5-8(7-9(11)15)14-17-13-10(16)3-2-4-12(13)19-14/h2-7H,16H2,1H3. The van der Waals surface area contributed by atoms with Gasteiger partial charge in [0, 0.05) is 5.56 Å². The van der Waals surface area contributed by atoms with Crippen molar-refractivity contribution in [1.82, 2.24) is 4.98 Å². The number of hydrogen-bond donors (Lipinski definition) is 1. The van der Waals surface area contributed by atoms with Crippen molar-refractivity contribution in [3.05, 3.63) is 42.2 Å². The molecule has 0 unspecified atom stereocenters. The van der Waals surface area contributed by atoms with Gasteiger partial charge in [-0.15, -0.1) is 0 Å². The topological polar surface area (TPSA) is 61.3 Å². The van der Waals surface area contributed by atoms with Gasteiger partial charge >= 0.3 is 0 Å². The second kappa shape index (κ2) is 4.28. The van der Waals surface area contributed by atoms with E-state index < -0.39 is 5.82 Å². The molecule has 3 aromatic rings. The van der Waals surface area contributed by atoms with Gasteiger partial charge in [0.25, 0.3) is 0 Å². The maximum atomic E-state index is 13.7. The van der Waals surface area contributed by atoms with Crippen LogP contribution in [0.1, 0.15) is 0 Å². The Morgan fingerprint density at radius 1 is 1.26 bits per heavy atom. The maximum absolute atomic E-state index is 13.7. The monoisotopic (exact) mass is 258 g/mol. The quantitative estimate of drug-likeness (QED) is 0.717. The van der Waals surface area contributed by atoms with Gasteiger partial charge in [-0.25, -0.2) is 9.37 Å². The average Bonchev–Trinajstić information content (AvgIpc) is 2.84. The fraction of sp³-hybridized carbons (Fsp3) is 0.0714. The Bertz CT molecular complexity index is 752. The Balaban J connectivity index is 2.14. The summed E-state index contributed by atoms with van der Waals surface area (Å²) in [6, 6.07) is 9.82. The summed E-state index contributed by atoms with van der Waals surface area (Å²) in [5.74, 6) is 0.0454. The number of halogens is 1. The number of methoxy groups -OCH3 is 1. The van der Waals surface area contributed by atoms with Gasteiger partial charge in [0.05, 0.1) is 12.8 Å². The summed E-state index contributed by atoms with van der Waals surface area (Å²) in [6.07, 6.45) is 0. The minimum atomic E-state index is -0.463. The highest BCUT2D eigenvalue weighted by atomic mass is 19.1. The number of hydrogen-bond acceptors (Lipinski definition) is 4. The summed E-state index contributed by atoms with van der Waals surface area (Å²) in [7, 11) is 1.41. The van der Waals surface area contributed by atoms with E-state index in [0.29, 0.717) is 28.2 Å². The van der Waals surface area contributed by atoms with Crippen LogP contribution in [0.4, 0.5) is 10.1 Å². The molecule has 0 atom stereocenters. The highest BCUT2D eigenvalue weighted by molar-refractivity contribution is 5.87. The molecule has 96 valence electrons. The Kier molecular flexibility index (Phi) is 2.59. The lowest BCUT2D eigenvalue weighted by atomic mass is 10.2. The first-order chi connectivity index (χ1) is 9.19. The van der Waals surface area contributed by atoms with E-state index in [2.05, 4.69) is 4.98 Å². The lowest BCUT2D eigenvalue weighted by Crippen LogP contribution is -1.88. The fourth-order valence-electron chi connectivity index (χ4n) is 1.89. The van der Waals surface area contributed by atoms with Gasteiger partial charge in [0.1, 0.15) is 5.52 Å². The molecule has 3 rings (SSSR count). The molecule has 0 amide bonds. The largest absolute Gasteiger partial charge is 0.494 e. The first-order valence-corrected chi connectivity index (χ1v) is 5.68. The zero-order chi connectivity index (χ0) is 13.4. The van der Waals surface area contributed by atoms with Gasteiger partial charge in [-0.2, -0.15) is 0 Å². The molecule has 0 spiro atoms. The molecule has 4 nitrogen and oxygen atoms in total. The number of fused-ring (bicyclic) bond motifs is 1. The smallest absolute Gasteiger partial charge is 0.227 e. The molecule has 0 aliphatic carbocycles. The third kappa shape index (κ3) is 1.89. The summed E-state index contributed by atoms with van der Waals surface area (Å²) in [4.78, 5) is 4.28. The molecule has 0 aliphatic heterocycles. The zero-order valence-corrected chi connectivity index (χ0v) is 10.2. The second-order valence-electron chi connectivity index (χ2n) is 4.06. The molecule has 0 saturated heterocycles. The van der Waals surface area contributed by atoms with Crippen LogP contribution in [0.2, 0.25) is 0 Å². The van der Waals surface area contributed by atoms with Crippen LogP contribution in [0.3, 0.4) is 0 Å². The van der Waals surface area contributed by atoms with Gasteiger partial charge in [-0.05, 0) is 30.3 Å². The Morgan fingerprint density at radius 2 is 2.11 bits per heavy atom. The summed E-state index contributed by atoms with van der Waals surface area (Å²) >= 11 is 0. The third-order valence-corrected chi connectivity index (χ3v) is 2.85. The highest BCUT2D eigenvalue weighted by Crippen LogP contribution is 2.29. The maximum Gasteiger partial charge on any atom is 0.227 e. The first kappa shape index (κ1) is 11.5. The van der Waals surface area contributed by atoms with Gasteiger partial charge in [0.2, 0.25) is 5.89 Å². The Morgan fingerprint density at radius 3 is 2.79 bits per heavy atom. The van der Waals surface area contributed by atoms with E-state index in [1.54, 1.807) is 24.3 Å². The molecule has 0 fully saturated rings. The molecule has 19 heavy (non-hydrogen) atoms. The van der Waals surface area contributed by atoms with Crippen molar-refractivity contribution in [1.29, 1.82) is 0 Å². The van der Waals surface area contributed by atoms with Crippen LogP contribution in [0.25, 0.3) is 22.6 Å². The third-order valence-electron chi connectivity index (χ3n) is 2.85. The predicted molar refractivity (Wildman–Crippen MR) is 70.4 cm³/mol.